The van der Waals surface area contributed by atoms with Crippen molar-refractivity contribution in [1.29, 1.82) is 0 Å². The highest BCUT2D eigenvalue weighted by molar-refractivity contribution is 6.04. The number of aliphatic hydroxyl groups is 1. The van der Waals surface area contributed by atoms with Gasteiger partial charge in [0, 0.05) is 74.5 Å². The first-order valence-corrected chi connectivity index (χ1v) is 17.5. The maximum absolute atomic E-state index is 13.6. The molecule has 8 rings (SSSR count). The maximum Gasteiger partial charge on any atom is 0.258 e. The Balaban J connectivity index is 1.00. The Kier molecular flexibility index (Phi) is 8.01. The quantitative estimate of drug-likeness (QED) is 0.317. The van der Waals surface area contributed by atoms with Crippen molar-refractivity contribution < 1.29 is 9.90 Å². The Morgan fingerprint density at radius 2 is 1.70 bits per heavy atom. The third-order valence-electron chi connectivity index (χ3n) is 11.4. The summed E-state index contributed by atoms with van der Waals surface area (Å²) < 4.78 is 3.95. The molecular formula is C36H47N9O2. The summed E-state index contributed by atoms with van der Waals surface area (Å²) in [5.74, 6) is 0.336. The predicted molar refractivity (Wildman–Crippen MR) is 184 cm³/mol. The van der Waals surface area contributed by atoms with Crippen LogP contribution in [0.3, 0.4) is 0 Å². The molecule has 3 aromatic heterocycles. The van der Waals surface area contributed by atoms with Gasteiger partial charge in [0.1, 0.15) is 0 Å². The molecule has 2 N–H and O–H groups in total. The van der Waals surface area contributed by atoms with E-state index in [2.05, 4.69) is 59.9 Å². The Morgan fingerprint density at radius 3 is 2.43 bits per heavy atom. The topological polar surface area (TPSA) is 108 Å². The van der Waals surface area contributed by atoms with E-state index in [4.69, 9.17) is 4.98 Å². The van der Waals surface area contributed by atoms with E-state index in [-0.39, 0.29) is 18.1 Å². The molecule has 3 aliphatic heterocycles. The number of rotatable bonds is 6. The summed E-state index contributed by atoms with van der Waals surface area (Å²) in [6.07, 6.45) is 13.3. The number of carbonyl (C=O) groups is 1. The van der Waals surface area contributed by atoms with Crippen molar-refractivity contribution in [2.45, 2.75) is 69.6 Å². The average molecular weight is 638 g/mol. The Bertz CT molecular complexity index is 1730. The van der Waals surface area contributed by atoms with Gasteiger partial charge in [-0.25, -0.2) is 4.98 Å². The van der Waals surface area contributed by atoms with Crippen LogP contribution >= 0.6 is 0 Å². The van der Waals surface area contributed by atoms with Crippen LogP contribution in [0.5, 0.6) is 0 Å². The molecule has 3 saturated heterocycles. The molecule has 0 bridgehead atoms. The number of nitrogens with zero attached hydrogens (tertiary/aromatic N) is 8. The van der Waals surface area contributed by atoms with Gasteiger partial charge in [-0.05, 0) is 107 Å². The summed E-state index contributed by atoms with van der Waals surface area (Å²) >= 11 is 0. The van der Waals surface area contributed by atoms with Crippen molar-refractivity contribution in [3.8, 4) is 11.3 Å². The minimum atomic E-state index is -0.264. The molecule has 47 heavy (non-hydrogen) atoms. The van der Waals surface area contributed by atoms with Crippen LogP contribution in [-0.4, -0.2) is 104 Å². The van der Waals surface area contributed by atoms with Gasteiger partial charge in [-0.1, -0.05) is 0 Å². The highest BCUT2D eigenvalue weighted by Gasteiger charge is 2.46. The van der Waals surface area contributed by atoms with Crippen molar-refractivity contribution in [2.24, 2.45) is 12.5 Å². The van der Waals surface area contributed by atoms with Gasteiger partial charge in [0.2, 0.25) is 5.95 Å². The Morgan fingerprint density at radius 1 is 0.936 bits per heavy atom. The summed E-state index contributed by atoms with van der Waals surface area (Å²) in [5.41, 5.74) is 5.79. The molecule has 0 unspecified atom stereocenters. The zero-order valence-electron chi connectivity index (χ0n) is 27.7. The third-order valence-corrected chi connectivity index (χ3v) is 11.4. The maximum atomic E-state index is 13.6. The van der Waals surface area contributed by atoms with Crippen molar-refractivity contribution in [2.75, 3.05) is 56.5 Å². The molecule has 11 nitrogen and oxygen atoms in total. The van der Waals surface area contributed by atoms with E-state index in [9.17, 15) is 9.90 Å². The number of anilines is 2. The molecule has 1 saturated carbocycles. The van der Waals surface area contributed by atoms with Crippen LogP contribution < -0.4 is 10.2 Å². The number of aromatic nitrogens is 5. The SMILES string of the molecule is CN1CCC2(CC1)CN(C1CCN(c3ccc4nc(NC(=O)c5ccnc(-c6cnn(C)c6)c5)n(C5CCC(O)CC5)c4c3)CC1)C2. The number of amides is 1. The standard InChI is InChI=1S/C36H47N9O2/c1-41-17-12-36(13-18-41)23-44(24-36)27-10-15-43(16-11-27)29-5-8-31-33(20-29)45(28-3-6-30(46)7-4-28)35(39-31)40-34(47)25-9-14-37-32(19-25)26-21-38-42(2)22-26/h5,8-9,14,19-22,27-28,30,46H,3-4,6-7,10-13,15-18,23-24H2,1-2H3,(H,39,40,47). The number of fused-ring (bicyclic) bond motifs is 1. The smallest absolute Gasteiger partial charge is 0.258 e. The largest absolute Gasteiger partial charge is 0.393 e. The molecule has 1 aromatic carbocycles. The van der Waals surface area contributed by atoms with Crippen LogP contribution in [0.25, 0.3) is 22.3 Å². The van der Waals surface area contributed by atoms with Crippen molar-refractivity contribution in [1.82, 2.24) is 34.1 Å². The van der Waals surface area contributed by atoms with Gasteiger partial charge in [0.15, 0.2) is 0 Å². The predicted octanol–water partition coefficient (Wildman–Crippen LogP) is 4.56. The van der Waals surface area contributed by atoms with Gasteiger partial charge >= 0.3 is 0 Å². The number of aliphatic hydroxyl groups excluding tert-OH is 1. The fourth-order valence-corrected chi connectivity index (χ4v) is 8.48. The van der Waals surface area contributed by atoms with Gasteiger partial charge in [0.25, 0.3) is 5.91 Å². The molecule has 248 valence electrons. The first kappa shape index (κ1) is 30.5. The fraction of sp³-hybridized carbons (Fsp3) is 0.556. The summed E-state index contributed by atoms with van der Waals surface area (Å²) in [7, 11) is 4.11. The van der Waals surface area contributed by atoms with Crippen LogP contribution in [-0.2, 0) is 7.05 Å². The summed E-state index contributed by atoms with van der Waals surface area (Å²) in [6.45, 7) is 7.16. The number of carbonyl (C=O) groups excluding carboxylic acids is 1. The second-order valence-corrected chi connectivity index (χ2v) is 14.7. The second kappa shape index (κ2) is 12.3. The van der Waals surface area contributed by atoms with E-state index in [1.54, 1.807) is 29.2 Å². The van der Waals surface area contributed by atoms with E-state index in [1.807, 2.05) is 13.2 Å². The monoisotopic (exact) mass is 637 g/mol. The molecule has 4 fully saturated rings. The van der Waals surface area contributed by atoms with Crippen LogP contribution in [0.1, 0.15) is 67.8 Å². The summed E-state index contributed by atoms with van der Waals surface area (Å²) in [4.78, 5) is 30.8. The lowest BCUT2D eigenvalue weighted by atomic mass is 9.71. The molecule has 1 spiro atoms. The third kappa shape index (κ3) is 6.05. The molecule has 11 heteroatoms. The average Bonchev–Trinajstić information content (AvgIpc) is 3.67. The summed E-state index contributed by atoms with van der Waals surface area (Å²) in [6, 6.07) is 10.9. The van der Waals surface area contributed by atoms with Crippen LogP contribution in [0.4, 0.5) is 11.6 Å². The lowest BCUT2D eigenvalue weighted by Crippen LogP contribution is -2.63. The lowest BCUT2D eigenvalue weighted by Gasteiger charge is -2.57. The number of piperidine rings is 2. The molecule has 4 aliphatic rings. The van der Waals surface area contributed by atoms with Crippen molar-refractivity contribution >= 4 is 28.6 Å². The second-order valence-electron chi connectivity index (χ2n) is 14.7. The first-order valence-electron chi connectivity index (χ1n) is 17.5. The number of hydrogen-bond acceptors (Lipinski definition) is 8. The molecule has 4 aromatic rings. The molecule has 0 radical (unpaired) electrons. The number of benzene rings is 1. The zero-order valence-corrected chi connectivity index (χ0v) is 27.7. The minimum Gasteiger partial charge on any atom is -0.393 e. The lowest BCUT2D eigenvalue weighted by molar-refractivity contribution is -0.0704. The molecule has 0 atom stereocenters. The van der Waals surface area contributed by atoms with Crippen molar-refractivity contribution in [3.63, 3.8) is 0 Å². The van der Waals surface area contributed by atoms with E-state index in [0.29, 0.717) is 28.7 Å². The highest BCUT2D eigenvalue weighted by Crippen LogP contribution is 2.43. The number of imidazole rings is 1. The Labute approximate surface area is 276 Å². The molecule has 6 heterocycles. The van der Waals surface area contributed by atoms with Gasteiger partial charge in [-0.15, -0.1) is 0 Å². The number of pyridine rings is 1. The summed E-state index contributed by atoms with van der Waals surface area (Å²) in [5, 5.41) is 17.7. The van der Waals surface area contributed by atoms with Crippen LogP contribution in [0.15, 0.2) is 48.9 Å². The first-order chi connectivity index (χ1) is 22.8. The fourth-order valence-electron chi connectivity index (χ4n) is 8.48. The van der Waals surface area contributed by atoms with Crippen molar-refractivity contribution in [3.05, 3.63) is 54.5 Å². The normalized spacial score (nSPS) is 24.1. The number of aryl methyl sites for hydroxylation is 1. The van der Waals surface area contributed by atoms with Crippen LogP contribution in [0.2, 0.25) is 0 Å². The van der Waals surface area contributed by atoms with E-state index in [0.717, 1.165) is 55.4 Å². The van der Waals surface area contributed by atoms with Gasteiger partial charge in [0.05, 0.1) is 29.0 Å². The van der Waals surface area contributed by atoms with Gasteiger partial charge < -0.3 is 19.5 Å². The van der Waals surface area contributed by atoms with Crippen LogP contribution in [0, 0.1) is 5.41 Å². The number of likely N-dealkylation sites (tertiary alicyclic amines) is 2. The van der Waals surface area contributed by atoms with Gasteiger partial charge in [-0.3, -0.25) is 24.7 Å². The van der Waals surface area contributed by atoms with Gasteiger partial charge in [-0.2, -0.15) is 5.10 Å². The highest BCUT2D eigenvalue weighted by atomic mass is 16.3. The van der Waals surface area contributed by atoms with E-state index >= 15 is 0 Å². The molecular weight excluding hydrogens is 590 g/mol. The number of nitrogens with one attached hydrogen (secondary N) is 1. The molecule has 1 aliphatic carbocycles. The number of hydrogen-bond donors (Lipinski definition) is 2. The molecule has 1 amide bonds. The zero-order chi connectivity index (χ0) is 32.1. The van der Waals surface area contributed by atoms with E-state index in [1.165, 1.54) is 57.5 Å². The van der Waals surface area contributed by atoms with E-state index < -0.39 is 0 Å². The Hall–Kier alpha value is -3.80. The minimum absolute atomic E-state index is 0.154.